The molecule has 0 fully saturated rings. The Kier molecular flexibility index (Phi) is 7.30. The van der Waals surface area contributed by atoms with E-state index >= 15 is 0 Å². The van der Waals surface area contributed by atoms with Gasteiger partial charge in [-0.05, 0) is 38.0 Å². The number of carbonyl (C=O) groups excluding carboxylic acids is 2. The molecule has 0 aliphatic rings. The van der Waals surface area contributed by atoms with Crippen LogP contribution in [0, 0.1) is 13.8 Å². The second-order valence-corrected chi connectivity index (χ2v) is 6.31. The van der Waals surface area contributed by atoms with Crippen molar-refractivity contribution in [2.75, 3.05) is 21.3 Å². The van der Waals surface area contributed by atoms with Crippen molar-refractivity contribution in [3.05, 3.63) is 47.0 Å². The Bertz CT molecular complexity index is 897. The number of nitrogens with one attached hydrogen (secondary N) is 2. The first kappa shape index (κ1) is 21.9. The van der Waals surface area contributed by atoms with Crippen molar-refractivity contribution in [2.45, 2.75) is 26.9 Å². The third kappa shape index (κ3) is 5.10. The first-order valence-corrected chi connectivity index (χ1v) is 8.95. The van der Waals surface area contributed by atoms with Crippen LogP contribution in [0.15, 0.2) is 30.3 Å². The van der Waals surface area contributed by atoms with Crippen LogP contribution in [-0.2, 0) is 4.79 Å². The lowest BCUT2D eigenvalue weighted by atomic mass is 10.1. The number of rotatable bonds is 7. The van der Waals surface area contributed by atoms with Crippen LogP contribution >= 0.6 is 0 Å². The highest BCUT2D eigenvalue weighted by atomic mass is 16.5. The lowest BCUT2D eigenvalue weighted by Gasteiger charge is -2.18. The molecule has 0 radical (unpaired) electrons. The van der Waals surface area contributed by atoms with Crippen molar-refractivity contribution in [3.63, 3.8) is 0 Å². The largest absolute Gasteiger partial charge is 0.496 e. The zero-order valence-corrected chi connectivity index (χ0v) is 17.4. The van der Waals surface area contributed by atoms with E-state index in [-0.39, 0.29) is 11.3 Å². The van der Waals surface area contributed by atoms with Gasteiger partial charge in [-0.15, -0.1) is 0 Å². The zero-order valence-electron chi connectivity index (χ0n) is 17.4. The van der Waals surface area contributed by atoms with Gasteiger partial charge in [0.05, 0.1) is 26.9 Å². The number of amides is 2. The average molecular weight is 402 g/mol. The molecule has 0 aliphatic carbocycles. The lowest BCUT2D eigenvalue weighted by Crippen LogP contribution is -2.47. The minimum Gasteiger partial charge on any atom is -0.496 e. The van der Waals surface area contributed by atoms with Gasteiger partial charge in [0.1, 0.15) is 11.5 Å². The molecule has 2 rings (SSSR count). The Labute approximate surface area is 170 Å². The minimum atomic E-state index is -0.817. The van der Waals surface area contributed by atoms with Gasteiger partial charge in [-0.2, -0.15) is 0 Å². The Hall–Kier alpha value is -3.42. The summed E-state index contributed by atoms with van der Waals surface area (Å²) in [6.45, 7) is 5.48. The molecule has 0 spiro atoms. The molecule has 8 heteroatoms. The highest BCUT2D eigenvalue weighted by Crippen LogP contribution is 2.34. The summed E-state index contributed by atoms with van der Waals surface area (Å²) in [5.74, 6) is 0.584. The molecule has 0 aliphatic heterocycles. The summed E-state index contributed by atoms with van der Waals surface area (Å²) in [6, 6.07) is 8.60. The summed E-state index contributed by atoms with van der Waals surface area (Å²) in [6.07, 6.45) is -0.817. The average Bonchev–Trinajstić information content (AvgIpc) is 2.73. The molecule has 2 aromatic rings. The second kappa shape index (κ2) is 9.68. The summed E-state index contributed by atoms with van der Waals surface area (Å²) >= 11 is 0. The third-order valence-corrected chi connectivity index (χ3v) is 4.48. The standard InChI is InChI=1S/C21H26N2O6/c1-12-8-7-9-16(13(12)2)29-14(3)20(24)22-23-21(25)15-10-18(27-5)19(28-6)11-17(15)26-4/h7-11,14H,1-6H3,(H,22,24)(H,23,25)/t14-/m1/s1. The van der Waals surface area contributed by atoms with Crippen molar-refractivity contribution in [2.24, 2.45) is 0 Å². The Morgan fingerprint density at radius 3 is 2.10 bits per heavy atom. The number of hydrogen-bond acceptors (Lipinski definition) is 6. The molecular formula is C21H26N2O6. The van der Waals surface area contributed by atoms with Crippen LogP contribution in [0.1, 0.15) is 28.4 Å². The molecule has 8 nitrogen and oxygen atoms in total. The molecule has 0 heterocycles. The fourth-order valence-corrected chi connectivity index (χ4v) is 2.59. The van der Waals surface area contributed by atoms with Gasteiger partial charge in [0, 0.05) is 12.1 Å². The van der Waals surface area contributed by atoms with Crippen LogP contribution in [0.2, 0.25) is 0 Å². The third-order valence-electron chi connectivity index (χ3n) is 4.48. The van der Waals surface area contributed by atoms with E-state index in [4.69, 9.17) is 18.9 Å². The maximum atomic E-state index is 12.5. The van der Waals surface area contributed by atoms with Crippen molar-refractivity contribution in [1.29, 1.82) is 0 Å². The van der Waals surface area contributed by atoms with E-state index in [0.29, 0.717) is 17.2 Å². The van der Waals surface area contributed by atoms with Gasteiger partial charge < -0.3 is 18.9 Å². The van der Waals surface area contributed by atoms with E-state index in [2.05, 4.69) is 10.9 Å². The fraction of sp³-hybridized carbons (Fsp3) is 0.333. The highest BCUT2D eigenvalue weighted by molar-refractivity contribution is 5.99. The van der Waals surface area contributed by atoms with E-state index < -0.39 is 17.9 Å². The van der Waals surface area contributed by atoms with E-state index in [1.807, 2.05) is 26.0 Å². The molecule has 0 bridgehead atoms. The number of aryl methyl sites for hydroxylation is 1. The number of ether oxygens (including phenoxy) is 4. The summed E-state index contributed by atoms with van der Waals surface area (Å²) in [5.41, 5.74) is 6.91. The Balaban J connectivity index is 2.06. The van der Waals surface area contributed by atoms with Crippen molar-refractivity contribution in [1.82, 2.24) is 10.9 Å². The van der Waals surface area contributed by atoms with Crippen LogP contribution < -0.4 is 29.8 Å². The van der Waals surface area contributed by atoms with Gasteiger partial charge in [-0.3, -0.25) is 20.4 Å². The Morgan fingerprint density at radius 1 is 0.862 bits per heavy atom. The van der Waals surface area contributed by atoms with Crippen LogP contribution in [0.4, 0.5) is 0 Å². The summed E-state index contributed by atoms with van der Waals surface area (Å²) < 4.78 is 21.3. The summed E-state index contributed by atoms with van der Waals surface area (Å²) in [4.78, 5) is 24.9. The predicted molar refractivity (Wildman–Crippen MR) is 108 cm³/mol. The number of benzene rings is 2. The van der Waals surface area contributed by atoms with E-state index in [1.54, 1.807) is 13.0 Å². The molecule has 156 valence electrons. The van der Waals surface area contributed by atoms with Crippen LogP contribution in [0.5, 0.6) is 23.0 Å². The van der Waals surface area contributed by atoms with E-state index in [9.17, 15) is 9.59 Å². The zero-order chi connectivity index (χ0) is 21.6. The van der Waals surface area contributed by atoms with Gasteiger partial charge in [0.25, 0.3) is 11.8 Å². The van der Waals surface area contributed by atoms with E-state index in [1.165, 1.54) is 33.5 Å². The quantitative estimate of drug-likeness (QED) is 0.691. The first-order chi connectivity index (χ1) is 13.8. The van der Waals surface area contributed by atoms with Crippen LogP contribution in [0.3, 0.4) is 0 Å². The fourth-order valence-electron chi connectivity index (χ4n) is 2.59. The minimum absolute atomic E-state index is 0.175. The molecule has 0 unspecified atom stereocenters. The van der Waals surface area contributed by atoms with Gasteiger partial charge in [0.2, 0.25) is 0 Å². The Morgan fingerprint density at radius 2 is 1.48 bits per heavy atom. The molecule has 2 N–H and O–H groups in total. The van der Waals surface area contributed by atoms with Crippen molar-refractivity contribution in [3.8, 4) is 23.0 Å². The van der Waals surface area contributed by atoms with Crippen LogP contribution in [0.25, 0.3) is 0 Å². The van der Waals surface area contributed by atoms with Gasteiger partial charge in [0.15, 0.2) is 17.6 Å². The monoisotopic (exact) mass is 402 g/mol. The molecule has 1 atom stereocenters. The maximum Gasteiger partial charge on any atom is 0.279 e. The highest BCUT2D eigenvalue weighted by Gasteiger charge is 2.20. The topological polar surface area (TPSA) is 95.1 Å². The number of hydrogen-bond donors (Lipinski definition) is 2. The molecule has 2 aromatic carbocycles. The van der Waals surface area contributed by atoms with Crippen molar-refractivity contribution >= 4 is 11.8 Å². The SMILES string of the molecule is COc1cc(OC)c(C(=O)NNC(=O)[C@@H](C)Oc2cccc(C)c2C)cc1OC. The predicted octanol–water partition coefficient (Wildman–Crippen LogP) is 2.56. The molecule has 0 aromatic heterocycles. The normalized spacial score (nSPS) is 11.2. The molecular weight excluding hydrogens is 376 g/mol. The smallest absolute Gasteiger partial charge is 0.279 e. The van der Waals surface area contributed by atoms with Crippen LogP contribution in [-0.4, -0.2) is 39.2 Å². The molecule has 0 saturated heterocycles. The lowest BCUT2D eigenvalue weighted by molar-refractivity contribution is -0.128. The summed E-state index contributed by atoms with van der Waals surface area (Å²) in [7, 11) is 4.37. The second-order valence-electron chi connectivity index (χ2n) is 6.31. The van der Waals surface area contributed by atoms with Gasteiger partial charge >= 0.3 is 0 Å². The van der Waals surface area contributed by atoms with Gasteiger partial charge in [-0.1, -0.05) is 12.1 Å². The number of hydrazine groups is 1. The van der Waals surface area contributed by atoms with Gasteiger partial charge in [-0.25, -0.2) is 0 Å². The van der Waals surface area contributed by atoms with Crippen molar-refractivity contribution < 1.29 is 28.5 Å². The number of carbonyl (C=O) groups is 2. The first-order valence-electron chi connectivity index (χ1n) is 8.95. The molecule has 29 heavy (non-hydrogen) atoms. The molecule has 0 saturated carbocycles. The summed E-state index contributed by atoms with van der Waals surface area (Å²) in [5, 5.41) is 0. The van der Waals surface area contributed by atoms with E-state index in [0.717, 1.165) is 11.1 Å². The number of methoxy groups -OCH3 is 3. The maximum absolute atomic E-state index is 12.5. The molecule has 2 amide bonds.